The van der Waals surface area contributed by atoms with Gasteiger partial charge in [-0.15, -0.1) is 0 Å². The third kappa shape index (κ3) is 6.61. The first-order chi connectivity index (χ1) is 8.22. The van der Waals surface area contributed by atoms with Gasteiger partial charge < -0.3 is 15.0 Å². The Kier molecular flexibility index (Phi) is 7.16. The molecule has 0 radical (unpaired) electrons. The lowest BCUT2D eigenvalue weighted by molar-refractivity contribution is -0.121. The van der Waals surface area contributed by atoms with Crippen molar-refractivity contribution in [3.05, 3.63) is 0 Å². The summed E-state index contributed by atoms with van der Waals surface area (Å²) in [7, 11) is 3.81. The van der Waals surface area contributed by atoms with Crippen LogP contribution in [0.25, 0.3) is 0 Å². The van der Waals surface area contributed by atoms with Crippen LogP contribution in [0.15, 0.2) is 0 Å². The molecule has 0 aliphatic carbocycles. The Morgan fingerprint density at radius 3 is 2.65 bits per heavy atom. The molecular weight excluding hydrogens is 218 g/mol. The minimum absolute atomic E-state index is 0.135. The van der Waals surface area contributed by atoms with Crippen molar-refractivity contribution in [3.63, 3.8) is 0 Å². The third-order valence-electron chi connectivity index (χ3n) is 3.10. The Bertz CT molecular complexity index is 216. The van der Waals surface area contributed by atoms with E-state index >= 15 is 0 Å². The fraction of sp³-hybridized carbons (Fsp3) is 0.917. The van der Waals surface area contributed by atoms with Crippen molar-refractivity contribution in [1.82, 2.24) is 15.1 Å². The van der Waals surface area contributed by atoms with Crippen LogP contribution in [0.5, 0.6) is 0 Å². The first kappa shape index (κ1) is 14.4. The van der Waals surface area contributed by atoms with E-state index in [9.17, 15) is 4.79 Å². The second-order valence-electron chi connectivity index (χ2n) is 4.59. The predicted octanol–water partition coefficient (Wildman–Crippen LogP) is -0.223. The van der Waals surface area contributed by atoms with Crippen LogP contribution in [-0.4, -0.2) is 75.7 Å². The van der Waals surface area contributed by atoms with Crippen molar-refractivity contribution < 1.29 is 9.53 Å². The third-order valence-corrected chi connectivity index (χ3v) is 3.10. The summed E-state index contributed by atoms with van der Waals surface area (Å²) in [5, 5.41) is 2.95. The smallest absolute Gasteiger partial charge is 0.220 e. The van der Waals surface area contributed by atoms with Gasteiger partial charge in [-0.2, -0.15) is 0 Å². The predicted molar refractivity (Wildman–Crippen MR) is 68.1 cm³/mol. The van der Waals surface area contributed by atoms with Crippen molar-refractivity contribution in [2.75, 3.05) is 60.0 Å². The molecule has 0 aromatic heterocycles. The number of methoxy groups -OCH3 is 1. The van der Waals surface area contributed by atoms with Gasteiger partial charge in [0.25, 0.3) is 0 Å². The summed E-state index contributed by atoms with van der Waals surface area (Å²) in [5.74, 6) is 0.135. The maximum Gasteiger partial charge on any atom is 0.220 e. The van der Waals surface area contributed by atoms with Crippen LogP contribution in [0.3, 0.4) is 0 Å². The summed E-state index contributed by atoms with van der Waals surface area (Å²) in [4.78, 5) is 16.1. The molecule has 1 heterocycles. The lowest BCUT2D eigenvalue weighted by Crippen LogP contribution is -2.46. The Morgan fingerprint density at radius 2 is 2.00 bits per heavy atom. The number of hydrogen-bond donors (Lipinski definition) is 1. The molecule has 0 saturated carbocycles. The zero-order valence-electron chi connectivity index (χ0n) is 11.1. The van der Waals surface area contributed by atoms with Gasteiger partial charge in [0, 0.05) is 59.4 Å². The summed E-state index contributed by atoms with van der Waals surface area (Å²) in [5.41, 5.74) is 0. The minimum Gasteiger partial charge on any atom is -0.385 e. The minimum atomic E-state index is 0.135. The summed E-state index contributed by atoms with van der Waals surface area (Å²) in [6.07, 6.45) is 1.37. The van der Waals surface area contributed by atoms with Gasteiger partial charge in [0.15, 0.2) is 0 Å². The van der Waals surface area contributed by atoms with Crippen molar-refractivity contribution in [1.29, 1.82) is 0 Å². The van der Waals surface area contributed by atoms with Crippen molar-refractivity contribution in [3.8, 4) is 0 Å². The normalized spacial score (nSPS) is 18.2. The average Bonchev–Trinajstić information content (AvgIpc) is 2.32. The van der Waals surface area contributed by atoms with Crippen LogP contribution >= 0.6 is 0 Å². The number of carbonyl (C=O) groups is 1. The zero-order valence-corrected chi connectivity index (χ0v) is 11.1. The number of rotatable bonds is 7. The van der Waals surface area contributed by atoms with E-state index in [1.807, 2.05) is 0 Å². The zero-order chi connectivity index (χ0) is 12.5. The second-order valence-corrected chi connectivity index (χ2v) is 4.59. The highest BCUT2D eigenvalue weighted by Crippen LogP contribution is 1.97. The lowest BCUT2D eigenvalue weighted by Gasteiger charge is -2.32. The second kappa shape index (κ2) is 8.44. The lowest BCUT2D eigenvalue weighted by atomic mass is 10.3. The molecule has 5 heteroatoms. The monoisotopic (exact) mass is 243 g/mol. The van der Waals surface area contributed by atoms with Gasteiger partial charge in [-0.25, -0.2) is 0 Å². The topological polar surface area (TPSA) is 44.8 Å². The molecule has 0 atom stereocenters. The first-order valence-electron chi connectivity index (χ1n) is 6.39. The fourth-order valence-electron chi connectivity index (χ4n) is 1.89. The van der Waals surface area contributed by atoms with E-state index in [0.29, 0.717) is 13.0 Å². The number of likely N-dealkylation sites (N-methyl/N-ethyl adjacent to an activating group) is 1. The molecular formula is C12H25N3O2. The summed E-state index contributed by atoms with van der Waals surface area (Å²) in [6, 6.07) is 0. The Balaban J connectivity index is 1.97. The maximum absolute atomic E-state index is 11.4. The van der Waals surface area contributed by atoms with E-state index in [0.717, 1.165) is 45.7 Å². The van der Waals surface area contributed by atoms with Crippen LogP contribution < -0.4 is 5.32 Å². The molecule has 1 aliphatic heterocycles. The van der Waals surface area contributed by atoms with Crippen molar-refractivity contribution in [2.24, 2.45) is 0 Å². The molecule has 0 aromatic rings. The molecule has 1 aliphatic rings. The van der Waals surface area contributed by atoms with E-state index in [4.69, 9.17) is 4.74 Å². The summed E-state index contributed by atoms with van der Waals surface area (Å²) in [6.45, 7) is 6.85. The van der Waals surface area contributed by atoms with Crippen LogP contribution in [0.4, 0.5) is 0 Å². The SMILES string of the molecule is COCCCC(=O)NCCN1CCN(C)CC1. The Hall–Kier alpha value is -0.650. The maximum atomic E-state index is 11.4. The fourth-order valence-corrected chi connectivity index (χ4v) is 1.89. The van der Waals surface area contributed by atoms with Crippen molar-refractivity contribution in [2.45, 2.75) is 12.8 Å². The molecule has 0 unspecified atom stereocenters. The van der Waals surface area contributed by atoms with Crippen LogP contribution in [0.2, 0.25) is 0 Å². The number of carbonyl (C=O) groups excluding carboxylic acids is 1. The van der Waals surface area contributed by atoms with E-state index < -0.39 is 0 Å². The van der Waals surface area contributed by atoms with Crippen LogP contribution in [-0.2, 0) is 9.53 Å². The van der Waals surface area contributed by atoms with E-state index in [-0.39, 0.29) is 5.91 Å². The molecule has 0 bridgehead atoms. The highest BCUT2D eigenvalue weighted by molar-refractivity contribution is 5.75. The molecule has 1 saturated heterocycles. The summed E-state index contributed by atoms with van der Waals surface area (Å²) >= 11 is 0. The van der Waals surface area contributed by atoms with Gasteiger partial charge in [-0.3, -0.25) is 9.69 Å². The molecule has 17 heavy (non-hydrogen) atoms. The first-order valence-corrected chi connectivity index (χ1v) is 6.39. The number of amides is 1. The van der Waals surface area contributed by atoms with Gasteiger partial charge in [0.1, 0.15) is 0 Å². The quantitative estimate of drug-likeness (QED) is 0.628. The number of nitrogens with zero attached hydrogens (tertiary/aromatic N) is 2. The number of hydrogen-bond acceptors (Lipinski definition) is 4. The Labute approximate surface area is 104 Å². The molecule has 1 N–H and O–H groups in total. The average molecular weight is 243 g/mol. The molecule has 0 aromatic carbocycles. The van der Waals surface area contributed by atoms with E-state index in [1.54, 1.807) is 7.11 Å². The molecule has 1 amide bonds. The van der Waals surface area contributed by atoms with Gasteiger partial charge >= 0.3 is 0 Å². The van der Waals surface area contributed by atoms with Gasteiger partial charge in [-0.05, 0) is 13.5 Å². The van der Waals surface area contributed by atoms with Crippen molar-refractivity contribution >= 4 is 5.91 Å². The van der Waals surface area contributed by atoms with Gasteiger partial charge in [0.2, 0.25) is 5.91 Å². The van der Waals surface area contributed by atoms with Crippen LogP contribution in [0, 0.1) is 0 Å². The Morgan fingerprint density at radius 1 is 1.29 bits per heavy atom. The highest BCUT2D eigenvalue weighted by Gasteiger charge is 2.13. The van der Waals surface area contributed by atoms with E-state index in [2.05, 4.69) is 22.2 Å². The van der Waals surface area contributed by atoms with Gasteiger partial charge in [0.05, 0.1) is 0 Å². The van der Waals surface area contributed by atoms with Crippen LogP contribution in [0.1, 0.15) is 12.8 Å². The number of nitrogens with one attached hydrogen (secondary N) is 1. The molecule has 0 spiro atoms. The molecule has 100 valence electrons. The highest BCUT2D eigenvalue weighted by atomic mass is 16.5. The standard InChI is InChI=1S/C12H25N3O2/c1-14-7-9-15(10-8-14)6-5-13-12(16)4-3-11-17-2/h3-11H2,1-2H3,(H,13,16). The van der Waals surface area contributed by atoms with E-state index in [1.165, 1.54) is 0 Å². The summed E-state index contributed by atoms with van der Waals surface area (Å²) < 4.78 is 4.91. The number of ether oxygens (including phenoxy) is 1. The molecule has 1 fully saturated rings. The largest absolute Gasteiger partial charge is 0.385 e. The molecule has 1 rings (SSSR count). The number of piperazine rings is 1. The van der Waals surface area contributed by atoms with Gasteiger partial charge in [-0.1, -0.05) is 0 Å². The molecule has 5 nitrogen and oxygen atoms in total.